The molecule has 0 radical (unpaired) electrons. The van der Waals surface area contributed by atoms with Gasteiger partial charge in [-0.05, 0) is 57.2 Å². The van der Waals surface area contributed by atoms with Crippen molar-refractivity contribution in [1.29, 1.82) is 0 Å². The van der Waals surface area contributed by atoms with Gasteiger partial charge in [-0.1, -0.05) is 26.0 Å². The van der Waals surface area contributed by atoms with Gasteiger partial charge in [0.05, 0.1) is 6.61 Å². The van der Waals surface area contributed by atoms with Crippen molar-refractivity contribution in [2.24, 2.45) is 11.7 Å². The van der Waals surface area contributed by atoms with Crippen molar-refractivity contribution in [3.8, 4) is 0 Å². The van der Waals surface area contributed by atoms with Gasteiger partial charge in [0.25, 0.3) is 0 Å². The standard InChI is InChI=1S/C25H40N6O7/c1-15(2)20(31-19(33)13-28-24(37)38-25(3,4)5)22(35)30-18(7-6-12-27-23(26)36)21(34)29-17-10-8-16(14-32)9-11-17/h8-11,15,18,20,32H,6-7,12-14H2,1-5H3,(H,28,37)(H,29,34)(H,30,35)(H,31,33)(H3,26,27,36)/t18-,20-/m0/s1. The fraction of sp³-hybridized carbons (Fsp3) is 0.560. The summed E-state index contributed by atoms with van der Waals surface area (Å²) in [6.45, 7) is 8.15. The largest absolute Gasteiger partial charge is 0.444 e. The van der Waals surface area contributed by atoms with Crippen LogP contribution < -0.4 is 32.3 Å². The number of carbonyl (C=O) groups is 5. The van der Waals surface area contributed by atoms with Crippen molar-refractivity contribution in [2.75, 3.05) is 18.4 Å². The van der Waals surface area contributed by atoms with Gasteiger partial charge in [0.15, 0.2) is 0 Å². The van der Waals surface area contributed by atoms with Crippen molar-refractivity contribution < 1.29 is 33.8 Å². The van der Waals surface area contributed by atoms with Crippen molar-refractivity contribution in [3.05, 3.63) is 29.8 Å². The quantitative estimate of drug-likeness (QED) is 0.180. The lowest BCUT2D eigenvalue weighted by Crippen LogP contribution is -2.55. The van der Waals surface area contributed by atoms with Gasteiger partial charge in [0.2, 0.25) is 17.7 Å². The highest BCUT2D eigenvalue weighted by atomic mass is 16.6. The van der Waals surface area contributed by atoms with Crippen LogP contribution in [0.4, 0.5) is 15.3 Å². The molecule has 0 fully saturated rings. The van der Waals surface area contributed by atoms with Crippen LogP contribution in [0.1, 0.15) is 53.0 Å². The topological polar surface area (TPSA) is 201 Å². The molecule has 212 valence electrons. The number of nitrogens with two attached hydrogens (primary N) is 1. The van der Waals surface area contributed by atoms with E-state index in [1.807, 2.05) is 0 Å². The fourth-order valence-electron chi connectivity index (χ4n) is 3.20. The predicted molar refractivity (Wildman–Crippen MR) is 141 cm³/mol. The molecule has 13 nitrogen and oxygen atoms in total. The zero-order valence-corrected chi connectivity index (χ0v) is 22.6. The molecule has 0 saturated carbocycles. The lowest BCUT2D eigenvalue weighted by molar-refractivity contribution is -0.131. The number of alkyl carbamates (subject to hydrolysis) is 1. The van der Waals surface area contributed by atoms with E-state index in [0.29, 0.717) is 17.7 Å². The molecule has 1 aromatic carbocycles. The number of aliphatic hydroxyl groups is 1. The predicted octanol–water partition coefficient (Wildman–Crippen LogP) is 0.716. The Kier molecular flexibility index (Phi) is 13.0. The lowest BCUT2D eigenvalue weighted by Gasteiger charge is -2.25. The Labute approximate surface area is 222 Å². The minimum atomic E-state index is -0.995. The number of nitrogens with one attached hydrogen (secondary N) is 5. The first-order chi connectivity index (χ1) is 17.7. The monoisotopic (exact) mass is 536 g/mol. The van der Waals surface area contributed by atoms with Crippen LogP contribution in [0.3, 0.4) is 0 Å². The second-order valence-electron chi connectivity index (χ2n) is 9.98. The number of primary amides is 1. The minimum absolute atomic E-state index is 0.143. The summed E-state index contributed by atoms with van der Waals surface area (Å²) in [7, 11) is 0. The second-order valence-corrected chi connectivity index (χ2v) is 9.98. The molecule has 0 aliphatic carbocycles. The summed E-state index contributed by atoms with van der Waals surface area (Å²) in [4.78, 5) is 61.3. The smallest absolute Gasteiger partial charge is 0.408 e. The van der Waals surface area contributed by atoms with Gasteiger partial charge in [-0.3, -0.25) is 14.4 Å². The van der Waals surface area contributed by atoms with E-state index in [4.69, 9.17) is 10.5 Å². The van der Waals surface area contributed by atoms with E-state index in [1.165, 1.54) is 0 Å². The van der Waals surface area contributed by atoms with Crippen LogP contribution >= 0.6 is 0 Å². The molecule has 2 atom stereocenters. The number of urea groups is 1. The Balaban J connectivity index is 2.86. The zero-order valence-electron chi connectivity index (χ0n) is 22.6. The average molecular weight is 537 g/mol. The van der Waals surface area contributed by atoms with Crippen LogP contribution in [-0.4, -0.2) is 65.7 Å². The molecule has 0 bridgehead atoms. The molecule has 13 heteroatoms. The SMILES string of the molecule is CC(C)[C@H](NC(=O)CNC(=O)OC(C)(C)C)C(=O)N[C@@H](CCCNC(N)=O)C(=O)Nc1ccc(CO)cc1. The Bertz CT molecular complexity index is 960. The van der Waals surface area contributed by atoms with Crippen LogP contribution in [0, 0.1) is 5.92 Å². The Morgan fingerprint density at radius 1 is 0.974 bits per heavy atom. The summed E-state index contributed by atoms with van der Waals surface area (Å²) < 4.78 is 5.09. The number of hydrogen-bond donors (Lipinski definition) is 7. The Hall–Kier alpha value is -3.87. The van der Waals surface area contributed by atoms with E-state index in [9.17, 15) is 29.1 Å². The molecular formula is C25H40N6O7. The average Bonchev–Trinajstić information content (AvgIpc) is 2.82. The number of hydrogen-bond acceptors (Lipinski definition) is 7. The first-order valence-corrected chi connectivity index (χ1v) is 12.3. The molecule has 0 aliphatic rings. The van der Waals surface area contributed by atoms with Crippen molar-refractivity contribution in [2.45, 2.75) is 71.8 Å². The molecule has 0 heterocycles. The Morgan fingerprint density at radius 3 is 2.13 bits per heavy atom. The highest BCUT2D eigenvalue weighted by molar-refractivity contribution is 5.98. The van der Waals surface area contributed by atoms with Crippen LogP contribution in [0.25, 0.3) is 0 Å². The van der Waals surface area contributed by atoms with E-state index in [-0.39, 0.29) is 25.5 Å². The van der Waals surface area contributed by atoms with Crippen molar-refractivity contribution in [3.63, 3.8) is 0 Å². The van der Waals surface area contributed by atoms with Gasteiger partial charge in [-0.15, -0.1) is 0 Å². The van der Waals surface area contributed by atoms with Crippen molar-refractivity contribution >= 4 is 35.5 Å². The molecule has 0 saturated heterocycles. The summed E-state index contributed by atoms with van der Waals surface area (Å²) in [5.74, 6) is -2.05. The second kappa shape index (κ2) is 15.4. The summed E-state index contributed by atoms with van der Waals surface area (Å²) >= 11 is 0. The summed E-state index contributed by atoms with van der Waals surface area (Å²) in [5, 5.41) is 21.9. The lowest BCUT2D eigenvalue weighted by atomic mass is 10.0. The van der Waals surface area contributed by atoms with E-state index < -0.39 is 54.1 Å². The summed E-state index contributed by atoms with van der Waals surface area (Å²) in [6.07, 6.45) is -0.263. The molecule has 8 N–H and O–H groups in total. The number of benzene rings is 1. The van der Waals surface area contributed by atoms with Crippen LogP contribution in [0.5, 0.6) is 0 Å². The third-order valence-electron chi connectivity index (χ3n) is 5.06. The summed E-state index contributed by atoms with van der Waals surface area (Å²) in [5.41, 5.74) is 5.48. The van der Waals surface area contributed by atoms with Crippen molar-refractivity contribution in [1.82, 2.24) is 21.3 Å². The Morgan fingerprint density at radius 2 is 1.61 bits per heavy atom. The number of ether oxygens (including phenoxy) is 1. The summed E-state index contributed by atoms with van der Waals surface area (Å²) in [6, 6.07) is 3.84. The first-order valence-electron chi connectivity index (χ1n) is 12.3. The molecule has 0 aromatic heterocycles. The number of carbonyl (C=O) groups excluding carboxylic acids is 5. The molecule has 6 amide bonds. The van der Waals surface area contributed by atoms with E-state index in [2.05, 4.69) is 26.6 Å². The van der Waals surface area contributed by atoms with Gasteiger partial charge >= 0.3 is 12.1 Å². The fourth-order valence-corrected chi connectivity index (χ4v) is 3.20. The maximum atomic E-state index is 13.1. The van der Waals surface area contributed by atoms with Gasteiger partial charge < -0.3 is 42.2 Å². The normalized spacial score (nSPS) is 12.6. The maximum absolute atomic E-state index is 13.1. The van der Waals surface area contributed by atoms with Gasteiger partial charge in [-0.25, -0.2) is 9.59 Å². The molecule has 0 aliphatic heterocycles. The van der Waals surface area contributed by atoms with Gasteiger partial charge in [-0.2, -0.15) is 0 Å². The molecule has 1 aromatic rings. The third-order valence-corrected chi connectivity index (χ3v) is 5.06. The number of rotatable bonds is 13. The van der Waals surface area contributed by atoms with Gasteiger partial charge in [0.1, 0.15) is 24.2 Å². The highest BCUT2D eigenvalue weighted by Crippen LogP contribution is 2.12. The zero-order chi connectivity index (χ0) is 28.9. The van der Waals surface area contributed by atoms with E-state index in [0.717, 1.165) is 0 Å². The van der Waals surface area contributed by atoms with Crippen LogP contribution in [0.2, 0.25) is 0 Å². The van der Waals surface area contributed by atoms with E-state index >= 15 is 0 Å². The molecular weight excluding hydrogens is 496 g/mol. The molecule has 0 spiro atoms. The van der Waals surface area contributed by atoms with Crippen LogP contribution in [0.15, 0.2) is 24.3 Å². The van der Waals surface area contributed by atoms with Gasteiger partial charge in [0, 0.05) is 12.2 Å². The molecule has 0 unspecified atom stereocenters. The molecule has 38 heavy (non-hydrogen) atoms. The first kappa shape index (κ1) is 32.2. The highest BCUT2D eigenvalue weighted by Gasteiger charge is 2.29. The van der Waals surface area contributed by atoms with E-state index in [1.54, 1.807) is 58.9 Å². The minimum Gasteiger partial charge on any atom is -0.444 e. The number of anilines is 1. The van der Waals surface area contributed by atoms with Crippen LogP contribution in [-0.2, 0) is 25.7 Å². The number of amides is 6. The molecule has 1 rings (SSSR count). The maximum Gasteiger partial charge on any atom is 0.408 e. The third kappa shape index (κ3) is 12.9. The number of aliphatic hydroxyl groups excluding tert-OH is 1.